The van der Waals surface area contributed by atoms with Crippen LogP contribution in [0.25, 0.3) is 0 Å². The standard InChI is InChI=1S/C15H17BrN2O2/c16-12-6-11(7-13(19)8-12)14(20)18-10-15(9-17)4-2-1-3-5-15/h6-8,19H,1-5,10H2,(H,18,20). The fourth-order valence-corrected chi connectivity index (χ4v) is 3.09. The van der Waals surface area contributed by atoms with E-state index in [2.05, 4.69) is 27.3 Å². The van der Waals surface area contributed by atoms with Crippen LogP contribution in [0.4, 0.5) is 0 Å². The number of rotatable bonds is 3. The van der Waals surface area contributed by atoms with Gasteiger partial charge in [0.05, 0.1) is 11.5 Å². The number of amides is 1. The molecule has 1 aromatic carbocycles. The van der Waals surface area contributed by atoms with Crippen LogP contribution >= 0.6 is 15.9 Å². The average Bonchev–Trinajstić information content (AvgIpc) is 2.45. The highest BCUT2D eigenvalue weighted by molar-refractivity contribution is 9.10. The van der Waals surface area contributed by atoms with Crippen molar-refractivity contribution in [3.8, 4) is 11.8 Å². The molecule has 1 aliphatic carbocycles. The number of nitrogens with one attached hydrogen (secondary N) is 1. The summed E-state index contributed by atoms with van der Waals surface area (Å²) in [7, 11) is 0. The molecule has 0 atom stereocenters. The molecule has 0 unspecified atom stereocenters. The van der Waals surface area contributed by atoms with E-state index in [0.29, 0.717) is 16.6 Å². The number of benzene rings is 1. The van der Waals surface area contributed by atoms with E-state index in [4.69, 9.17) is 0 Å². The molecule has 20 heavy (non-hydrogen) atoms. The van der Waals surface area contributed by atoms with Crippen LogP contribution in [0.15, 0.2) is 22.7 Å². The van der Waals surface area contributed by atoms with Crippen LogP contribution in [0.5, 0.6) is 5.75 Å². The van der Waals surface area contributed by atoms with Gasteiger partial charge in [0, 0.05) is 16.6 Å². The van der Waals surface area contributed by atoms with E-state index in [0.717, 1.165) is 32.1 Å². The molecule has 0 radical (unpaired) electrons. The van der Waals surface area contributed by atoms with Crippen LogP contribution in [0, 0.1) is 16.7 Å². The lowest BCUT2D eigenvalue weighted by Gasteiger charge is -2.30. The maximum absolute atomic E-state index is 12.1. The number of hydrogen-bond donors (Lipinski definition) is 2. The molecule has 0 saturated heterocycles. The van der Waals surface area contributed by atoms with Gasteiger partial charge in [0.15, 0.2) is 0 Å². The van der Waals surface area contributed by atoms with E-state index >= 15 is 0 Å². The normalized spacial score (nSPS) is 17.2. The molecule has 1 fully saturated rings. The predicted molar refractivity (Wildman–Crippen MR) is 79.3 cm³/mol. The molecule has 0 spiro atoms. The molecule has 0 heterocycles. The van der Waals surface area contributed by atoms with Crippen molar-refractivity contribution in [3.63, 3.8) is 0 Å². The minimum absolute atomic E-state index is 0.0391. The number of phenolic OH excluding ortho intramolecular Hbond substituents is 1. The van der Waals surface area contributed by atoms with Gasteiger partial charge in [-0.2, -0.15) is 5.26 Å². The minimum atomic E-state index is -0.429. The number of aromatic hydroxyl groups is 1. The third kappa shape index (κ3) is 3.51. The topological polar surface area (TPSA) is 73.1 Å². The molecule has 1 saturated carbocycles. The molecule has 1 amide bonds. The largest absolute Gasteiger partial charge is 0.508 e. The van der Waals surface area contributed by atoms with Gasteiger partial charge in [0.2, 0.25) is 0 Å². The third-order valence-electron chi connectivity index (χ3n) is 3.78. The average molecular weight is 337 g/mol. The highest BCUT2D eigenvalue weighted by Gasteiger charge is 2.32. The third-order valence-corrected chi connectivity index (χ3v) is 4.24. The van der Waals surface area contributed by atoms with Gasteiger partial charge in [0.25, 0.3) is 5.91 Å². The van der Waals surface area contributed by atoms with Crippen molar-refractivity contribution < 1.29 is 9.90 Å². The Kier molecular flexibility index (Phi) is 4.66. The monoisotopic (exact) mass is 336 g/mol. The Balaban J connectivity index is 2.02. The zero-order valence-electron chi connectivity index (χ0n) is 11.2. The first-order valence-electron chi connectivity index (χ1n) is 6.74. The number of hydrogen-bond acceptors (Lipinski definition) is 3. The Morgan fingerprint density at radius 1 is 1.35 bits per heavy atom. The van der Waals surface area contributed by atoms with Gasteiger partial charge in [-0.05, 0) is 31.0 Å². The Morgan fingerprint density at radius 2 is 2.05 bits per heavy atom. The number of carbonyl (C=O) groups is 1. The summed E-state index contributed by atoms with van der Waals surface area (Å²) in [5.74, 6) is -0.223. The lowest BCUT2D eigenvalue weighted by Crippen LogP contribution is -2.38. The highest BCUT2D eigenvalue weighted by atomic mass is 79.9. The molecular formula is C15H17BrN2O2. The summed E-state index contributed by atoms with van der Waals surface area (Å²) in [6.45, 7) is 0.371. The predicted octanol–water partition coefficient (Wildman–Crippen LogP) is 3.36. The van der Waals surface area contributed by atoms with Crippen LogP contribution in [0.2, 0.25) is 0 Å². The molecule has 0 aliphatic heterocycles. The Hall–Kier alpha value is -1.54. The van der Waals surface area contributed by atoms with Gasteiger partial charge in [-0.1, -0.05) is 35.2 Å². The number of phenols is 1. The van der Waals surface area contributed by atoms with Gasteiger partial charge in [-0.15, -0.1) is 0 Å². The van der Waals surface area contributed by atoms with E-state index in [-0.39, 0.29) is 11.7 Å². The van der Waals surface area contributed by atoms with Gasteiger partial charge in [0.1, 0.15) is 5.75 Å². The maximum atomic E-state index is 12.1. The fourth-order valence-electron chi connectivity index (χ4n) is 2.61. The zero-order valence-corrected chi connectivity index (χ0v) is 12.7. The van der Waals surface area contributed by atoms with Crippen LogP contribution in [-0.2, 0) is 0 Å². The van der Waals surface area contributed by atoms with Crippen LogP contribution < -0.4 is 5.32 Å². The second-order valence-corrected chi connectivity index (χ2v) is 6.25. The minimum Gasteiger partial charge on any atom is -0.508 e. The quantitative estimate of drug-likeness (QED) is 0.888. The Labute approximate surface area is 126 Å². The summed E-state index contributed by atoms with van der Waals surface area (Å²) >= 11 is 3.24. The van der Waals surface area contributed by atoms with Gasteiger partial charge >= 0.3 is 0 Å². The Bertz CT molecular complexity index is 525. The highest BCUT2D eigenvalue weighted by Crippen LogP contribution is 2.35. The summed E-state index contributed by atoms with van der Waals surface area (Å²) in [5.41, 5.74) is -0.0390. The van der Waals surface area contributed by atoms with E-state index in [1.165, 1.54) is 12.1 Å². The summed E-state index contributed by atoms with van der Waals surface area (Å²) in [6.07, 6.45) is 4.93. The second kappa shape index (κ2) is 6.27. The lowest BCUT2D eigenvalue weighted by molar-refractivity contribution is 0.0931. The summed E-state index contributed by atoms with van der Waals surface area (Å²) in [6, 6.07) is 6.96. The van der Waals surface area contributed by atoms with Crippen molar-refractivity contribution in [2.45, 2.75) is 32.1 Å². The molecular weight excluding hydrogens is 320 g/mol. The summed E-state index contributed by atoms with van der Waals surface area (Å²) in [5, 5.41) is 21.7. The van der Waals surface area contributed by atoms with Crippen LogP contribution in [-0.4, -0.2) is 17.6 Å². The first kappa shape index (κ1) is 14.9. The molecule has 4 nitrogen and oxygen atoms in total. The maximum Gasteiger partial charge on any atom is 0.251 e. The molecule has 5 heteroatoms. The first-order valence-corrected chi connectivity index (χ1v) is 7.53. The van der Waals surface area contributed by atoms with Crippen LogP contribution in [0.3, 0.4) is 0 Å². The number of nitriles is 1. The van der Waals surface area contributed by atoms with Crippen molar-refractivity contribution in [3.05, 3.63) is 28.2 Å². The second-order valence-electron chi connectivity index (χ2n) is 5.33. The summed E-state index contributed by atoms with van der Waals surface area (Å²) < 4.78 is 0.648. The van der Waals surface area contributed by atoms with Crippen molar-refractivity contribution >= 4 is 21.8 Å². The zero-order chi connectivity index (χ0) is 14.6. The molecule has 2 N–H and O–H groups in total. The lowest BCUT2D eigenvalue weighted by atomic mass is 9.75. The van der Waals surface area contributed by atoms with Crippen LogP contribution in [0.1, 0.15) is 42.5 Å². The van der Waals surface area contributed by atoms with Crippen molar-refractivity contribution in [2.24, 2.45) is 5.41 Å². The van der Waals surface area contributed by atoms with Crippen molar-refractivity contribution in [2.75, 3.05) is 6.54 Å². The first-order chi connectivity index (χ1) is 9.54. The van der Waals surface area contributed by atoms with E-state index in [1.54, 1.807) is 6.07 Å². The smallest absolute Gasteiger partial charge is 0.251 e. The summed E-state index contributed by atoms with van der Waals surface area (Å²) in [4.78, 5) is 12.1. The number of halogens is 1. The van der Waals surface area contributed by atoms with E-state index < -0.39 is 5.41 Å². The number of carbonyl (C=O) groups excluding carboxylic acids is 1. The fraction of sp³-hybridized carbons (Fsp3) is 0.467. The van der Waals surface area contributed by atoms with E-state index in [9.17, 15) is 15.2 Å². The molecule has 2 rings (SSSR count). The van der Waals surface area contributed by atoms with Gasteiger partial charge < -0.3 is 10.4 Å². The molecule has 0 bridgehead atoms. The molecule has 1 aliphatic rings. The van der Waals surface area contributed by atoms with Crippen molar-refractivity contribution in [1.29, 1.82) is 5.26 Å². The van der Waals surface area contributed by atoms with Gasteiger partial charge in [-0.25, -0.2) is 0 Å². The van der Waals surface area contributed by atoms with Gasteiger partial charge in [-0.3, -0.25) is 4.79 Å². The SMILES string of the molecule is N#CC1(CNC(=O)c2cc(O)cc(Br)c2)CCCCC1. The molecule has 0 aromatic heterocycles. The molecule has 1 aromatic rings. The number of nitrogens with zero attached hydrogens (tertiary/aromatic N) is 1. The van der Waals surface area contributed by atoms with Crippen molar-refractivity contribution in [1.82, 2.24) is 5.32 Å². The Morgan fingerprint density at radius 3 is 2.65 bits per heavy atom. The molecule has 106 valence electrons. The van der Waals surface area contributed by atoms with E-state index in [1.807, 2.05) is 0 Å².